The van der Waals surface area contributed by atoms with Crippen molar-refractivity contribution in [2.45, 2.75) is 31.7 Å². The molecule has 0 saturated carbocycles. The van der Waals surface area contributed by atoms with Gasteiger partial charge in [-0.15, -0.1) is 24.8 Å². The van der Waals surface area contributed by atoms with Crippen LogP contribution in [-0.4, -0.2) is 36.5 Å². The first-order valence-corrected chi connectivity index (χ1v) is 9.09. The number of carbonyl (C=O) groups is 1. The predicted octanol–water partition coefficient (Wildman–Crippen LogP) is 3.48. The second kappa shape index (κ2) is 11.9. The fourth-order valence-electron chi connectivity index (χ4n) is 3.33. The van der Waals surface area contributed by atoms with Crippen LogP contribution in [0.4, 0.5) is 5.69 Å². The molecule has 2 aromatic carbocycles. The number of hydrogen-bond donors (Lipinski definition) is 2. The number of halogens is 2. The second-order valence-corrected chi connectivity index (χ2v) is 6.84. The van der Waals surface area contributed by atoms with E-state index >= 15 is 0 Å². The highest BCUT2D eigenvalue weighted by atomic mass is 35.5. The number of carbonyl (C=O) groups excluding carboxylic acids is 1. The van der Waals surface area contributed by atoms with Crippen LogP contribution in [0.5, 0.6) is 0 Å². The van der Waals surface area contributed by atoms with Gasteiger partial charge < -0.3 is 16.0 Å². The summed E-state index contributed by atoms with van der Waals surface area (Å²) in [5.74, 6) is 0.104. The molecule has 3 N–H and O–H groups in total. The van der Waals surface area contributed by atoms with Crippen molar-refractivity contribution in [3.63, 3.8) is 0 Å². The van der Waals surface area contributed by atoms with Gasteiger partial charge in [0.1, 0.15) is 0 Å². The first-order valence-electron chi connectivity index (χ1n) is 9.09. The van der Waals surface area contributed by atoms with E-state index in [1.807, 2.05) is 24.3 Å². The maximum Gasteiger partial charge on any atom is 0.224 e. The van der Waals surface area contributed by atoms with Crippen molar-refractivity contribution >= 4 is 36.4 Å². The lowest BCUT2D eigenvalue weighted by atomic mass is 10.0. The molecule has 1 amide bonds. The average molecular weight is 410 g/mol. The molecule has 6 heteroatoms. The van der Waals surface area contributed by atoms with E-state index in [9.17, 15) is 4.79 Å². The summed E-state index contributed by atoms with van der Waals surface area (Å²) in [6.07, 6.45) is 3.58. The summed E-state index contributed by atoms with van der Waals surface area (Å²) in [5.41, 5.74) is 8.80. The van der Waals surface area contributed by atoms with Gasteiger partial charge >= 0.3 is 0 Å². The van der Waals surface area contributed by atoms with E-state index in [0.717, 1.165) is 50.1 Å². The van der Waals surface area contributed by atoms with Gasteiger partial charge in [0.15, 0.2) is 0 Å². The molecule has 1 aliphatic heterocycles. The van der Waals surface area contributed by atoms with Crippen molar-refractivity contribution in [1.82, 2.24) is 10.2 Å². The summed E-state index contributed by atoms with van der Waals surface area (Å²) in [6.45, 7) is 3.20. The molecule has 4 nitrogen and oxygen atoms in total. The van der Waals surface area contributed by atoms with Crippen LogP contribution in [0.1, 0.15) is 24.0 Å². The molecule has 1 saturated heterocycles. The summed E-state index contributed by atoms with van der Waals surface area (Å²) < 4.78 is 0. The Bertz CT molecular complexity index is 672. The van der Waals surface area contributed by atoms with Gasteiger partial charge in [0.05, 0.1) is 6.42 Å². The number of nitrogens with one attached hydrogen (secondary N) is 1. The molecule has 1 aliphatic rings. The number of anilines is 1. The maximum absolute atomic E-state index is 12.2. The Kier molecular flexibility index (Phi) is 10.2. The normalized spacial score (nSPS) is 14.7. The van der Waals surface area contributed by atoms with Crippen LogP contribution in [0, 0.1) is 0 Å². The van der Waals surface area contributed by atoms with E-state index in [4.69, 9.17) is 5.73 Å². The number of nitrogen functional groups attached to an aromatic ring is 1. The zero-order valence-electron chi connectivity index (χ0n) is 15.5. The van der Waals surface area contributed by atoms with Crippen LogP contribution in [0.15, 0.2) is 54.6 Å². The number of nitrogens with zero attached hydrogens (tertiary/aromatic N) is 1. The maximum atomic E-state index is 12.2. The van der Waals surface area contributed by atoms with Crippen LogP contribution >= 0.6 is 24.8 Å². The third-order valence-corrected chi connectivity index (χ3v) is 4.86. The van der Waals surface area contributed by atoms with Gasteiger partial charge in [-0.2, -0.15) is 0 Å². The van der Waals surface area contributed by atoms with Gasteiger partial charge in [-0.05, 0) is 42.5 Å². The molecule has 1 fully saturated rings. The zero-order chi connectivity index (χ0) is 17.5. The summed E-state index contributed by atoms with van der Waals surface area (Å²) in [7, 11) is 0. The molecule has 0 spiro atoms. The fraction of sp³-hybridized carbons (Fsp3) is 0.381. The van der Waals surface area contributed by atoms with Crippen molar-refractivity contribution < 1.29 is 4.79 Å². The van der Waals surface area contributed by atoms with Gasteiger partial charge in [0.2, 0.25) is 5.91 Å². The quantitative estimate of drug-likeness (QED) is 0.717. The van der Waals surface area contributed by atoms with E-state index in [0.29, 0.717) is 12.5 Å². The standard InChI is InChI=1S/C21H27N3O.2ClH/c22-19-8-6-18(7-9-19)16-21(25)23-20-11-14-24(15-12-20)13-10-17-4-2-1-3-5-17;;/h1-9,20H,10-16,22H2,(H,23,25);2*1H. The highest BCUT2D eigenvalue weighted by Gasteiger charge is 2.20. The van der Waals surface area contributed by atoms with E-state index in [1.165, 1.54) is 5.56 Å². The van der Waals surface area contributed by atoms with Gasteiger partial charge in [-0.1, -0.05) is 42.5 Å². The SMILES string of the molecule is Cl.Cl.Nc1ccc(CC(=O)NC2CCN(CCc3ccccc3)CC2)cc1. The Morgan fingerprint density at radius 2 is 1.59 bits per heavy atom. The molecule has 27 heavy (non-hydrogen) atoms. The van der Waals surface area contributed by atoms with Gasteiger partial charge in [0.25, 0.3) is 0 Å². The number of benzene rings is 2. The lowest BCUT2D eigenvalue weighted by Crippen LogP contribution is -2.45. The van der Waals surface area contributed by atoms with Crippen molar-refractivity contribution in [3.8, 4) is 0 Å². The number of hydrogen-bond acceptors (Lipinski definition) is 3. The molecule has 1 heterocycles. The molecule has 0 radical (unpaired) electrons. The van der Waals surface area contributed by atoms with E-state index < -0.39 is 0 Å². The smallest absolute Gasteiger partial charge is 0.224 e. The Morgan fingerprint density at radius 3 is 2.22 bits per heavy atom. The Balaban J connectivity index is 0.00000182. The van der Waals surface area contributed by atoms with Crippen molar-refractivity contribution in [1.29, 1.82) is 0 Å². The van der Waals surface area contributed by atoms with Crippen LogP contribution < -0.4 is 11.1 Å². The third-order valence-electron chi connectivity index (χ3n) is 4.86. The van der Waals surface area contributed by atoms with Crippen LogP contribution in [-0.2, 0) is 17.6 Å². The molecule has 0 bridgehead atoms. The number of piperidine rings is 1. The third kappa shape index (κ3) is 7.79. The zero-order valence-corrected chi connectivity index (χ0v) is 17.1. The Morgan fingerprint density at radius 1 is 0.963 bits per heavy atom. The first-order chi connectivity index (χ1) is 12.2. The second-order valence-electron chi connectivity index (χ2n) is 6.84. The molecule has 0 atom stereocenters. The van der Waals surface area contributed by atoms with Crippen molar-refractivity contribution in [2.75, 3.05) is 25.4 Å². The molecule has 2 aromatic rings. The van der Waals surface area contributed by atoms with Gasteiger partial charge in [-0.25, -0.2) is 0 Å². The largest absolute Gasteiger partial charge is 0.399 e. The number of amides is 1. The molecule has 0 aromatic heterocycles. The monoisotopic (exact) mass is 409 g/mol. The van der Waals surface area contributed by atoms with Crippen LogP contribution in [0.2, 0.25) is 0 Å². The van der Waals surface area contributed by atoms with Gasteiger partial charge in [0, 0.05) is 31.4 Å². The van der Waals surface area contributed by atoms with Crippen molar-refractivity contribution in [2.24, 2.45) is 0 Å². The number of likely N-dealkylation sites (tertiary alicyclic amines) is 1. The molecule has 3 rings (SSSR count). The van der Waals surface area contributed by atoms with Crippen LogP contribution in [0.25, 0.3) is 0 Å². The van der Waals surface area contributed by atoms with Crippen molar-refractivity contribution in [3.05, 3.63) is 65.7 Å². The van der Waals surface area contributed by atoms with Gasteiger partial charge in [-0.3, -0.25) is 4.79 Å². The van der Waals surface area contributed by atoms with E-state index in [-0.39, 0.29) is 30.7 Å². The minimum absolute atomic E-state index is 0. The summed E-state index contributed by atoms with van der Waals surface area (Å²) in [6, 6.07) is 18.4. The lowest BCUT2D eigenvalue weighted by Gasteiger charge is -2.32. The number of rotatable bonds is 6. The van der Waals surface area contributed by atoms with E-state index in [2.05, 4.69) is 40.5 Å². The lowest BCUT2D eigenvalue weighted by molar-refractivity contribution is -0.121. The minimum atomic E-state index is 0. The first kappa shape index (κ1) is 23.3. The van der Waals surface area contributed by atoms with Crippen LogP contribution in [0.3, 0.4) is 0 Å². The average Bonchev–Trinajstić information content (AvgIpc) is 2.64. The highest BCUT2D eigenvalue weighted by molar-refractivity contribution is 5.85. The number of nitrogens with two attached hydrogens (primary N) is 1. The molecule has 148 valence electrons. The molecular weight excluding hydrogens is 381 g/mol. The fourth-order valence-corrected chi connectivity index (χ4v) is 3.33. The summed E-state index contributed by atoms with van der Waals surface area (Å²) in [4.78, 5) is 14.7. The molecule has 0 unspecified atom stereocenters. The molecular formula is C21H29Cl2N3O. The topological polar surface area (TPSA) is 58.4 Å². The highest BCUT2D eigenvalue weighted by Crippen LogP contribution is 2.12. The Hall–Kier alpha value is -1.75. The Labute approximate surface area is 174 Å². The molecule has 0 aliphatic carbocycles. The van der Waals surface area contributed by atoms with E-state index in [1.54, 1.807) is 0 Å². The predicted molar refractivity (Wildman–Crippen MR) is 117 cm³/mol. The minimum Gasteiger partial charge on any atom is -0.399 e. The summed E-state index contributed by atoms with van der Waals surface area (Å²) >= 11 is 0. The summed E-state index contributed by atoms with van der Waals surface area (Å²) in [5, 5.41) is 3.18.